The molecule has 2 saturated heterocycles. The van der Waals surface area contributed by atoms with Crippen molar-refractivity contribution in [1.82, 2.24) is 5.32 Å². The number of hydrogen-bond donors (Lipinski definition) is 9. The van der Waals surface area contributed by atoms with E-state index < -0.39 is 86.8 Å². The van der Waals surface area contributed by atoms with Crippen LogP contribution in [0, 0.1) is 0 Å². The topological polar surface area (TPSA) is 228 Å². The highest BCUT2D eigenvalue weighted by atomic mass is 16.7. The van der Waals surface area contributed by atoms with Crippen LogP contribution in [-0.4, -0.2) is 140 Å². The number of rotatable bonds is 42. The standard InChI is InChI=1S/C57H99NO13/c1-3-5-7-9-11-13-15-17-19-20-21-22-23-24-25-26-27-29-31-33-35-37-39-41-49(62)58-45(46(61)40-38-36-34-32-30-28-18-16-14-12-10-8-6-4-2)44-68-56-54(67)52(65)55(48(43-60)70-56)71-57-53(66)51(64)50(63)47(42-59)69-57/h5,7,11,13,17,19,21-22,30,32,38,40,45-48,50-57,59-61,63-67H,3-4,6,8-10,12,14-16,18,20,23-29,31,33-37,39,41-44H2,1-2H3,(H,58,62)/b7-5-,13-11-,19-17-,22-21-,32-30+,40-38+. The molecular weight excluding hydrogens is 907 g/mol. The number of ether oxygens (including phenoxy) is 4. The molecule has 0 aromatic carbocycles. The molecule has 0 spiro atoms. The van der Waals surface area contributed by atoms with Crippen LogP contribution in [-0.2, 0) is 23.7 Å². The molecular formula is C57H99NO13. The minimum Gasteiger partial charge on any atom is -0.394 e. The molecule has 14 heteroatoms. The summed E-state index contributed by atoms with van der Waals surface area (Å²) in [6.07, 6.45) is 37.9. The molecule has 12 atom stereocenters. The number of aliphatic hydroxyl groups is 8. The Bertz CT molecular complexity index is 1470. The van der Waals surface area contributed by atoms with Gasteiger partial charge in [-0.05, 0) is 70.6 Å². The molecule has 0 aromatic heterocycles. The van der Waals surface area contributed by atoms with Gasteiger partial charge in [0.2, 0.25) is 5.91 Å². The minimum atomic E-state index is -1.79. The van der Waals surface area contributed by atoms with Gasteiger partial charge in [-0.25, -0.2) is 0 Å². The van der Waals surface area contributed by atoms with Crippen LogP contribution in [0.25, 0.3) is 0 Å². The van der Waals surface area contributed by atoms with Crippen molar-refractivity contribution in [2.24, 2.45) is 0 Å². The van der Waals surface area contributed by atoms with E-state index in [1.807, 2.05) is 6.08 Å². The highest BCUT2D eigenvalue weighted by molar-refractivity contribution is 5.76. The molecule has 0 radical (unpaired) electrons. The van der Waals surface area contributed by atoms with Crippen LogP contribution in [0.5, 0.6) is 0 Å². The summed E-state index contributed by atoms with van der Waals surface area (Å²) in [4.78, 5) is 13.2. The largest absolute Gasteiger partial charge is 0.394 e. The van der Waals surface area contributed by atoms with E-state index in [9.17, 15) is 45.6 Å². The first-order chi connectivity index (χ1) is 34.6. The third-order valence-electron chi connectivity index (χ3n) is 13.1. The van der Waals surface area contributed by atoms with Crippen LogP contribution in [0.3, 0.4) is 0 Å². The Morgan fingerprint density at radius 1 is 0.521 bits per heavy atom. The summed E-state index contributed by atoms with van der Waals surface area (Å²) in [5.74, 6) is -0.258. The first kappa shape index (κ1) is 64.5. The molecule has 0 aromatic rings. The van der Waals surface area contributed by atoms with Crippen molar-refractivity contribution in [2.45, 2.75) is 261 Å². The molecule has 2 heterocycles. The number of aliphatic hydroxyl groups excluding tert-OH is 8. The normalized spacial score (nSPS) is 26.3. The van der Waals surface area contributed by atoms with E-state index in [0.29, 0.717) is 12.8 Å². The van der Waals surface area contributed by atoms with Gasteiger partial charge >= 0.3 is 0 Å². The van der Waals surface area contributed by atoms with Crippen molar-refractivity contribution in [3.05, 3.63) is 72.9 Å². The van der Waals surface area contributed by atoms with E-state index in [0.717, 1.165) is 64.2 Å². The lowest BCUT2D eigenvalue weighted by atomic mass is 9.97. The monoisotopic (exact) mass is 1010 g/mol. The van der Waals surface area contributed by atoms with Crippen molar-refractivity contribution in [3.63, 3.8) is 0 Å². The van der Waals surface area contributed by atoms with E-state index in [-0.39, 0.29) is 18.9 Å². The van der Waals surface area contributed by atoms with Gasteiger partial charge in [-0.1, -0.05) is 183 Å². The predicted octanol–water partition coefficient (Wildman–Crippen LogP) is 8.38. The summed E-state index contributed by atoms with van der Waals surface area (Å²) in [6, 6.07) is -0.936. The molecule has 71 heavy (non-hydrogen) atoms. The number of nitrogens with one attached hydrogen (secondary N) is 1. The summed E-state index contributed by atoms with van der Waals surface area (Å²) >= 11 is 0. The van der Waals surface area contributed by atoms with E-state index in [1.165, 1.54) is 89.9 Å². The van der Waals surface area contributed by atoms with Gasteiger partial charge in [0.15, 0.2) is 12.6 Å². The lowest BCUT2D eigenvalue weighted by Gasteiger charge is -2.46. The maximum Gasteiger partial charge on any atom is 0.220 e. The summed E-state index contributed by atoms with van der Waals surface area (Å²) in [6.45, 7) is 2.64. The summed E-state index contributed by atoms with van der Waals surface area (Å²) in [7, 11) is 0. The zero-order chi connectivity index (χ0) is 51.7. The molecule has 12 unspecified atom stereocenters. The lowest BCUT2D eigenvalue weighted by molar-refractivity contribution is -0.359. The van der Waals surface area contributed by atoms with Gasteiger partial charge in [-0.2, -0.15) is 0 Å². The Hall–Kier alpha value is -2.57. The molecule has 14 nitrogen and oxygen atoms in total. The van der Waals surface area contributed by atoms with Crippen molar-refractivity contribution in [1.29, 1.82) is 0 Å². The maximum absolute atomic E-state index is 13.2. The zero-order valence-electron chi connectivity index (χ0n) is 43.7. The molecule has 2 fully saturated rings. The van der Waals surface area contributed by atoms with E-state index >= 15 is 0 Å². The third kappa shape index (κ3) is 29.2. The number of carbonyl (C=O) groups is 1. The quantitative estimate of drug-likeness (QED) is 0.0207. The summed E-state index contributed by atoms with van der Waals surface area (Å²) in [5, 5.41) is 86.9. The molecule has 0 aliphatic carbocycles. The first-order valence-corrected chi connectivity index (χ1v) is 27.7. The fraction of sp³-hybridized carbons (Fsp3) is 0.772. The van der Waals surface area contributed by atoms with Crippen LogP contribution in [0.1, 0.15) is 187 Å². The van der Waals surface area contributed by atoms with Crippen LogP contribution < -0.4 is 5.32 Å². The Kier molecular flexibility index (Phi) is 38.9. The minimum absolute atomic E-state index is 0.258. The van der Waals surface area contributed by atoms with Crippen LogP contribution in [0.4, 0.5) is 0 Å². The highest BCUT2D eigenvalue weighted by Gasteiger charge is 2.51. The number of amides is 1. The number of unbranched alkanes of at least 4 members (excludes halogenated alkanes) is 19. The van der Waals surface area contributed by atoms with Gasteiger partial charge in [0.25, 0.3) is 0 Å². The SMILES string of the molecule is CC/C=C\C/C=C\C/C=C\C/C=C\CCCCCCCCCCCCC(=O)NC(COC1OC(CO)C(OC2OC(CO)C(O)C(O)C2O)C(O)C1O)C(O)/C=C/CC/C=C/CCCCCCCCCC. The van der Waals surface area contributed by atoms with Crippen LogP contribution >= 0.6 is 0 Å². The molecule has 2 aliphatic heterocycles. The number of hydrogen-bond acceptors (Lipinski definition) is 13. The molecule has 0 bridgehead atoms. The first-order valence-electron chi connectivity index (χ1n) is 27.7. The Morgan fingerprint density at radius 2 is 0.986 bits per heavy atom. The predicted molar refractivity (Wildman–Crippen MR) is 281 cm³/mol. The van der Waals surface area contributed by atoms with Gasteiger partial charge in [0.05, 0.1) is 32.0 Å². The van der Waals surface area contributed by atoms with E-state index in [2.05, 4.69) is 79.9 Å². The van der Waals surface area contributed by atoms with Crippen LogP contribution in [0.2, 0.25) is 0 Å². The fourth-order valence-electron chi connectivity index (χ4n) is 8.65. The second-order valence-electron chi connectivity index (χ2n) is 19.3. The maximum atomic E-state index is 13.2. The number of carbonyl (C=O) groups excluding carboxylic acids is 1. The summed E-state index contributed by atoms with van der Waals surface area (Å²) in [5.41, 5.74) is 0. The molecule has 2 rings (SSSR count). The Labute approximate surface area is 428 Å². The average molecular weight is 1010 g/mol. The number of allylic oxidation sites excluding steroid dienone is 11. The molecule has 9 N–H and O–H groups in total. The molecule has 1 amide bonds. The van der Waals surface area contributed by atoms with Gasteiger partial charge in [0, 0.05) is 6.42 Å². The molecule has 2 aliphatic rings. The van der Waals surface area contributed by atoms with Crippen molar-refractivity contribution in [3.8, 4) is 0 Å². The molecule has 0 saturated carbocycles. The fourth-order valence-corrected chi connectivity index (χ4v) is 8.65. The van der Waals surface area contributed by atoms with E-state index in [4.69, 9.17) is 18.9 Å². The zero-order valence-corrected chi connectivity index (χ0v) is 43.7. The van der Waals surface area contributed by atoms with Crippen molar-refractivity contribution < 1.29 is 64.6 Å². The Morgan fingerprint density at radius 3 is 1.55 bits per heavy atom. The van der Waals surface area contributed by atoms with Crippen molar-refractivity contribution >= 4 is 5.91 Å². The lowest BCUT2D eigenvalue weighted by Crippen LogP contribution is -2.65. The third-order valence-corrected chi connectivity index (χ3v) is 13.1. The van der Waals surface area contributed by atoms with Gasteiger partial charge in [0.1, 0.15) is 48.8 Å². The van der Waals surface area contributed by atoms with Gasteiger partial charge in [-0.15, -0.1) is 0 Å². The summed E-state index contributed by atoms with van der Waals surface area (Å²) < 4.78 is 22.7. The smallest absolute Gasteiger partial charge is 0.220 e. The highest BCUT2D eigenvalue weighted by Crippen LogP contribution is 2.30. The second-order valence-corrected chi connectivity index (χ2v) is 19.3. The van der Waals surface area contributed by atoms with Gasteiger partial charge < -0.3 is 65.1 Å². The van der Waals surface area contributed by atoms with E-state index in [1.54, 1.807) is 6.08 Å². The molecule has 410 valence electrons. The van der Waals surface area contributed by atoms with Crippen molar-refractivity contribution in [2.75, 3.05) is 19.8 Å². The van der Waals surface area contributed by atoms with Gasteiger partial charge in [-0.3, -0.25) is 4.79 Å². The van der Waals surface area contributed by atoms with Crippen LogP contribution in [0.15, 0.2) is 72.9 Å². The Balaban J connectivity index is 1.79. The average Bonchev–Trinajstić information content (AvgIpc) is 3.37. The second kappa shape index (κ2) is 42.8.